The van der Waals surface area contributed by atoms with Crippen LogP contribution < -0.4 is 16.0 Å². The molecule has 0 aliphatic carbocycles. The van der Waals surface area contributed by atoms with E-state index in [0.29, 0.717) is 11.3 Å². The minimum atomic E-state index is -0.150. The normalized spacial score (nSPS) is 11.8. The van der Waals surface area contributed by atoms with Crippen LogP contribution in [-0.2, 0) is 0 Å². The maximum atomic E-state index is 12.3. The van der Waals surface area contributed by atoms with E-state index in [0.717, 1.165) is 11.3 Å². The Morgan fingerprint density at radius 2 is 2.10 bits per heavy atom. The number of hydrogen-bond donors (Lipinski definition) is 2. The van der Waals surface area contributed by atoms with Gasteiger partial charge in [0.05, 0.1) is 17.4 Å². The molecule has 1 heterocycles. The van der Waals surface area contributed by atoms with E-state index in [2.05, 4.69) is 10.3 Å². The Kier molecular flexibility index (Phi) is 4.42. The molecule has 5 nitrogen and oxygen atoms in total. The molecule has 21 heavy (non-hydrogen) atoms. The van der Waals surface area contributed by atoms with Crippen LogP contribution in [0.2, 0.25) is 0 Å². The van der Waals surface area contributed by atoms with E-state index in [-0.39, 0.29) is 11.9 Å². The largest absolute Gasteiger partial charge is 0.397 e. The van der Waals surface area contributed by atoms with E-state index >= 15 is 0 Å². The molecule has 1 unspecified atom stereocenters. The first-order chi connectivity index (χ1) is 9.99. The van der Waals surface area contributed by atoms with E-state index in [1.54, 1.807) is 24.5 Å². The fourth-order valence-corrected chi connectivity index (χ4v) is 2.10. The van der Waals surface area contributed by atoms with Crippen molar-refractivity contribution in [3.63, 3.8) is 0 Å². The van der Waals surface area contributed by atoms with Gasteiger partial charge in [0.15, 0.2) is 0 Å². The van der Waals surface area contributed by atoms with Crippen molar-refractivity contribution < 1.29 is 4.79 Å². The van der Waals surface area contributed by atoms with E-state index in [1.165, 1.54) is 0 Å². The number of anilines is 2. The molecule has 1 aromatic heterocycles. The summed E-state index contributed by atoms with van der Waals surface area (Å²) in [7, 11) is 3.83. The zero-order valence-corrected chi connectivity index (χ0v) is 12.5. The SMILES string of the molecule is CC(NC(=O)c1ccc(N(C)C)c(N)c1)c1cccnc1. The molecule has 0 spiro atoms. The highest BCUT2D eigenvalue weighted by molar-refractivity contribution is 5.96. The highest BCUT2D eigenvalue weighted by Crippen LogP contribution is 2.22. The number of amides is 1. The summed E-state index contributed by atoms with van der Waals surface area (Å²) >= 11 is 0. The minimum Gasteiger partial charge on any atom is -0.397 e. The number of nitrogens with one attached hydrogen (secondary N) is 1. The lowest BCUT2D eigenvalue weighted by atomic mass is 10.1. The maximum absolute atomic E-state index is 12.3. The number of hydrogen-bond acceptors (Lipinski definition) is 4. The molecule has 0 bridgehead atoms. The third-order valence-corrected chi connectivity index (χ3v) is 3.30. The van der Waals surface area contributed by atoms with Gasteiger partial charge in [-0.2, -0.15) is 0 Å². The Morgan fingerprint density at radius 1 is 1.33 bits per heavy atom. The van der Waals surface area contributed by atoms with E-state index in [4.69, 9.17) is 5.73 Å². The molecule has 0 saturated heterocycles. The predicted octanol–water partition coefficient (Wildman–Crippen LogP) is 2.22. The van der Waals surface area contributed by atoms with Crippen molar-refractivity contribution in [3.8, 4) is 0 Å². The third-order valence-electron chi connectivity index (χ3n) is 3.30. The first kappa shape index (κ1) is 14.8. The van der Waals surface area contributed by atoms with Gasteiger partial charge in [0.25, 0.3) is 5.91 Å². The monoisotopic (exact) mass is 284 g/mol. The summed E-state index contributed by atoms with van der Waals surface area (Å²) < 4.78 is 0. The summed E-state index contributed by atoms with van der Waals surface area (Å²) in [5, 5.41) is 2.94. The highest BCUT2D eigenvalue weighted by Gasteiger charge is 2.13. The van der Waals surface area contributed by atoms with Crippen molar-refractivity contribution in [1.82, 2.24) is 10.3 Å². The minimum absolute atomic E-state index is 0.110. The second-order valence-corrected chi connectivity index (χ2v) is 5.15. The van der Waals surface area contributed by atoms with Gasteiger partial charge in [0.1, 0.15) is 0 Å². The van der Waals surface area contributed by atoms with Crippen LogP contribution in [0.4, 0.5) is 11.4 Å². The lowest BCUT2D eigenvalue weighted by Gasteiger charge is -2.17. The fraction of sp³-hybridized carbons (Fsp3) is 0.250. The molecule has 0 aliphatic rings. The Labute approximate surface area is 124 Å². The molecule has 5 heteroatoms. The average molecular weight is 284 g/mol. The van der Waals surface area contributed by atoms with Gasteiger partial charge >= 0.3 is 0 Å². The summed E-state index contributed by atoms with van der Waals surface area (Å²) in [5.74, 6) is -0.150. The summed E-state index contributed by atoms with van der Waals surface area (Å²) in [6.07, 6.45) is 3.45. The number of nitrogen functional groups attached to an aromatic ring is 1. The second-order valence-electron chi connectivity index (χ2n) is 5.15. The van der Waals surface area contributed by atoms with Gasteiger partial charge in [-0.15, -0.1) is 0 Å². The van der Waals surface area contributed by atoms with Crippen LogP contribution in [0, 0.1) is 0 Å². The van der Waals surface area contributed by atoms with Crippen LogP contribution in [0.5, 0.6) is 0 Å². The Bertz CT molecular complexity index is 625. The van der Waals surface area contributed by atoms with Gasteiger partial charge in [-0.3, -0.25) is 9.78 Å². The molecular formula is C16H20N4O. The van der Waals surface area contributed by atoms with Gasteiger partial charge in [0, 0.05) is 32.1 Å². The van der Waals surface area contributed by atoms with Crippen LogP contribution >= 0.6 is 0 Å². The summed E-state index contributed by atoms with van der Waals surface area (Å²) in [4.78, 5) is 18.2. The van der Waals surface area contributed by atoms with Crippen LogP contribution in [0.25, 0.3) is 0 Å². The lowest BCUT2D eigenvalue weighted by Crippen LogP contribution is -2.27. The molecule has 0 saturated carbocycles. The zero-order valence-electron chi connectivity index (χ0n) is 12.5. The van der Waals surface area contributed by atoms with E-state index in [9.17, 15) is 4.79 Å². The van der Waals surface area contributed by atoms with Crippen LogP contribution in [0.15, 0.2) is 42.7 Å². The standard InChI is InChI=1S/C16H20N4O/c1-11(13-5-4-8-18-10-13)19-16(21)12-6-7-15(20(2)3)14(17)9-12/h4-11H,17H2,1-3H3,(H,19,21). The van der Waals surface area contributed by atoms with Crippen LogP contribution in [0.1, 0.15) is 28.9 Å². The molecule has 0 aliphatic heterocycles. The summed E-state index contributed by atoms with van der Waals surface area (Å²) in [6, 6.07) is 8.99. The Hall–Kier alpha value is -2.56. The first-order valence-electron chi connectivity index (χ1n) is 6.76. The van der Waals surface area contributed by atoms with Crippen molar-refractivity contribution in [1.29, 1.82) is 0 Å². The summed E-state index contributed by atoms with van der Waals surface area (Å²) in [5.41, 5.74) is 8.96. The van der Waals surface area contributed by atoms with Crippen molar-refractivity contribution in [2.24, 2.45) is 0 Å². The summed E-state index contributed by atoms with van der Waals surface area (Å²) in [6.45, 7) is 1.92. The number of carbonyl (C=O) groups excluding carboxylic acids is 1. The number of nitrogens with two attached hydrogens (primary N) is 1. The first-order valence-corrected chi connectivity index (χ1v) is 6.76. The topological polar surface area (TPSA) is 71.2 Å². The Morgan fingerprint density at radius 3 is 2.67 bits per heavy atom. The van der Waals surface area contributed by atoms with Crippen molar-refractivity contribution in [2.75, 3.05) is 24.7 Å². The molecule has 1 atom stereocenters. The number of nitrogens with zero attached hydrogens (tertiary/aromatic N) is 2. The van der Waals surface area contributed by atoms with E-state index < -0.39 is 0 Å². The average Bonchev–Trinajstić information content (AvgIpc) is 2.47. The van der Waals surface area contributed by atoms with Crippen LogP contribution in [-0.4, -0.2) is 25.0 Å². The molecule has 0 radical (unpaired) electrons. The zero-order chi connectivity index (χ0) is 15.4. The molecule has 0 fully saturated rings. The Balaban J connectivity index is 2.12. The molecule has 1 amide bonds. The quantitative estimate of drug-likeness (QED) is 0.845. The van der Waals surface area contributed by atoms with Gasteiger partial charge in [-0.25, -0.2) is 0 Å². The smallest absolute Gasteiger partial charge is 0.251 e. The van der Waals surface area contributed by atoms with Gasteiger partial charge < -0.3 is 16.0 Å². The number of aromatic nitrogens is 1. The van der Waals surface area contributed by atoms with Crippen molar-refractivity contribution in [2.45, 2.75) is 13.0 Å². The van der Waals surface area contributed by atoms with E-state index in [1.807, 2.05) is 44.1 Å². The maximum Gasteiger partial charge on any atom is 0.251 e. The van der Waals surface area contributed by atoms with Gasteiger partial charge in [0.2, 0.25) is 0 Å². The highest BCUT2D eigenvalue weighted by atomic mass is 16.1. The number of benzene rings is 1. The second kappa shape index (κ2) is 6.26. The molecule has 1 aromatic carbocycles. The van der Waals surface area contributed by atoms with Gasteiger partial charge in [-0.05, 0) is 36.8 Å². The predicted molar refractivity (Wildman–Crippen MR) is 85.3 cm³/mol. The number of rotatable bonds is 4. The lowest BCUT2D eigenvalue weighted by molar-refractivity contribution is 0.0940. The molecule has 3 N–H and O–H groups in total. The molecular weight excluding hydrogens is 264 g/mol. The molecule has 2 aromatic rings. The fourth-order valence-electron chi connectivity index (χ4n) is 2.10. The van der Waals surface area contributed by atoms with Crippen molar-refractivity contribution in [3.05, 3.63) is 53.9 Å². The van der Waals surface area contributed by atoms with Crippen LogP contribution in [0.3, 0.4) is 0 Å². The molecule has 110 valence electrons. The molecule has 2 rings (SSSR count). The third kappa shape index (κ3) is 3.51. The number of carbonyl (C=O) groups is 1. The number of pyridine rings is 1. The van der Waals surface area contributed by atoms with Gasteiger partial charge in [-0.1, -0.05) is 6.07 Å². The van der Waals surface area contributed by atoms with Crippen molar-refractivity contribution >= 4 is 17.3 Å².